The molecule has 0 aliphatic heterocycles. The van der Waals surface area contributed by atoms with Gasteiger partial charge in [-0.1, -0.05) is 17.7 Å². The third-order valence-corrected chi connectivity index (χ3v) is 2.63. The Morgan fingerprint density at radius 3 is 2.48 bits per heavy atom. The van der Waals surface area contributed by atoms with Crippen LogP contribution in [0, 0.1) is 6.92 Å². The molecule has 4 nitrogen and oxygen atoms in total. The van der Waals surface area contributed by atoms with Gasteiger partial charge in [0.25, 0.3) is 0 Å². The molecule has 0 saturated carbocycles. The molecule has 1 rings (SSSR count). The highest BCUT2D eigenvalue weighted by molar-refractivity contribution is 14.0. The Kier molecular flexibility index (Phi) is 11.1. The third-order valence-electron chi connectivity index (χ3n) is 2.63. The molecule has 2 N–H and O–H groups in total. The molecule has 0 aliphatic rings. The van der Waals surface area contributed by atoms with E-state index >= 15 is 0 Å². The summed E-state index contributed by atoms with van der Waals surface area (Å²) in [5.41, 5.74) is 1.25. The normalized spacial score (nSPS) is 11.0. The lowest BCUT2D eigenvalue weighted by atomic mass is 10.2. The molecule has 0 amide bonds. The van der Waals surface area contributed by atoms with Gasteiger partial charge in [-0.2, -0.15) is 0 Å². The van der Waals surface area contributed by atoms with Crippen LogP contribution in [0.15, 0.2) is 29.3 Å². The van der Waals surface area contributed by atoms with Gasteiger partial charge < -0.3 is 15.4 Å². The van der Waals surface area contributed by atoms with Crippen molar-refractivity contribution in [2.75, 3.05) is 19.7 Å². The first kappa shape index (κ1) is 20.0. The van der Waals surface area contributed by atoms with E-state index in [0.717, 1.165) is 31.2 Å². The van der Waals surface area contributed by atoms with Gasteiger partial charge in [-0.25, -0.2) is 0 Å². The average Bonchev–Trinajstić information content (AvgIpc) is 2.40. The molecular formula is C16H28IN3O. The van der Waals surface area contributed by atoms with Gasteiger partial charge in [-0.05, 0) is 39.8 Å². The van der Waals surface area contributed by atoms with Crippen molar-refractivity contribution in [2.24, 2.45) is 4.99 Å². The number of aliphatic imine (C=N–C) groups is 1. The maximum absolute atomic E-state index is 5.67. The highest BCUT2D eigenvalue weighted by Gasteiger charge is 1.99. The third kappa shape index (κ3) is 9.55. The Balaban J connectivity index is 0.00000400. The minimum Gasteiger partial charge on any atom is -0.494 e. The van der Waals surface area contributed by atoms with Gasteiger partial charge in [0.1, 0.15) is 5.75 Å². The maximum atomic E-state index is 5.67. The molecule has 120 valence electrons. The number of hydrogen-bond acceptors (Lipinski definition) is 2. The number of halogens is 1. The van der Waals surface area contributed by atoms with Gasteiger partial charge in [0.05, 0.1) is 6.61 Å². The molecule has 0 fully saturated rings. The fourth-order valence-electron chi connectivity index (χ4n) is 1.67. The van der Waals surface area contributed by atoms with Crippen LogP contribution in [0.2, 0.25) is 0 Å². The van der Waals surface area contributed by atoms with E-state index in [2.05, 4.69) is 55.5 Å². The van der Waals surface area contributed by atoms with E-state index in [1.807, 2.05) is 12.1 Å². The topological polar surface area (TPSA) is 45.7 Å². The summed E-state index contributed by atoms with van der Waals surface area (Å²) >= 11 is 0. The monoisotopic (exact) mass is 405 g/mol. The lowest BCUT2D eigenvalue weighted by Gasteiger charge is -2.13. The van der Waals surface area contributed by atoms with Crippen molar-refractivity contribution >= 4 is 29.9 Å². The number of benzene rings is 1. The SMILES string of the molecule is CCNC(=NCCCOc1ccc(C)cc1)NC(C)C.I. The van der Waals surface area contributed by atoms with Gasteiger partial charge in [-0.15, -0.1) is 24.0 Å². The van der Waals surface area contributed by atoms with Crippen LogP contribution in [0.5, 0.6) is 5.75 Å². The molecule has 1 aromatic rings. The second-order valence-corrected chi connectivity index (χ2v) is 5.07. The molecule has 1 aromatic carbocycles. The Morgan fingerprint density at radius 1 is 1.24 bits per heavy atom. The van der Waals surface area contributed by atoms with Crippen molar-refractivity contribution < 1.29 is 4.74 Å². The molecule has 0 atom stereocenters. The molecule has 0 saturated heterocycles. The van der Waals surface area contributed by atoms with E-state index < -0.39 is 0 Å². The molecule has 0 heterocycles. The first-order chi connectivity index (χ1) is 9.61. The zero-order valence-electron chi connectivity index (χ0n) is 13.5. The highest BCUT2D eigenvalue weighted by Crippen LogP contribution is 2.11. The molecule has 0 aliphatic carbocycles. The van der Waals surface area contributed by atoms with Crippen molar-refractivity contribution in [3.8, 4) is 5.75 Å². The number of rotatable bonds is 7. The molecule has 0 aromatic heterocycles. The molecule has 0 radical (unpaired) electrons. The van der Waals surface area contributed by atoms with Crippen molar-refractivity contribution in [2.45, 2.75) is 40.2 Å². The van der Waals surface area contributed by atoms with Gasteiger partial charge in [0.15, 0.2) is 5.96 Å². The predicted molar refractivity (Wildman–Crippen MR) is 101 cm³/mol. The first-order valence-electron chi connectivity index (χ1n) is 7.36. The van der Waals surface area contributed by atoms with Crippen molar-refractivity contribution in [1.29, 1.82) is 0 Å². The van der Waals surface area contributed by atoms with Gasteiger partial charge in [0, 0.05) is 25.6 Å². The second-order valence-electron chi connectivity index (χ2n) is 5.07. The smallest absolute Gasteiger partial charge is 0.191 e. The molecular weight excluding hydrogens is 377 g/mol. The lowest BCUT2D eigenvalue weighted by Crippen LogP contribution is -2.41. The number of aryl methyl sites for hydroxylation is 1. The Labute approximate surface area is 145 Å². The Bertz CT molecular complexity index is 404. The summed E-state index contributed by atoms with van der Waals surface area (Å²) in [7, 11) is 0. The number of nitrogens with one attached hydrogen (secondary N) is 2. The van der Waals surface area contributed by atoms with E-state index in [-0.39, 0.29) is 24.0 Å². The summed E-state index contributed by atoms with van der Waals surface area (Å²) in [4.78, 5) is 4.51. The lowest BCUT2D eigenvalue weighted by molar-refractivity contribution is 0.313. The van der Waals surface area contributed by atoms with E-state index in [1.54, 1.807) is 0 Å². The van der Waals surface area contributed by atoms with Crippen molar-refractivity contribution in [3.05, 3.63) is 29.8 Å². The second kappa shape index (κ2) is 11.7. The van der Waals surface area contributed by atoms with E-state index in [1.165, 1.54) is 5.56 Å². The first-order valence-corrected chi connectivity index (χ1v) is 7.36. The standard InChI is InChI=1S/C16H27N3O.HI/c1-5-17-16(19-13(2)3)18-11-6-12-20-15-9-7-14(4)8-10-15;/h7-10,13H,5-6,11-12H2,1-4H3,(H2,17,18,19);1H. The van der Waals surface area contributed by atoms with E-state index in [9.17, 15) is 0 Å². The zero-order chi connectivity index (χ0) is 14.8. The molecule has 21 heavy (non-hydrogen) atoms. The summed E-state index contributed by atoms with van der Waals surface area (Å²) in [5.74, 6) is 1.80. The Hall–Kier alpha value is -0.980. The fourth-order valence-corrected chi connectivity index (χ4v) is 1.67. The number of ether oxygens (including phenoxy) is 1. The van der Waals surface area contributed by atoms with Crippen LogP contribution in [0.4, 0.5) is 0 Å². The number of nitrogens with zero attached hydrogens (tertiary/aromatic N) is 1. The van der Waals surface area contributed by atoms with Gasteiger partial charge in [-0.3, -0.25) is 4.99 Å². The number of hydrogen-bond donors (Lipinski definition) is 2. The van der Waals surface area contributed by atoms with Crippen LogP contribution >= 0.6 is 24.0 Å². The summed E-state index contributed by atoms with van der Waals surface area (Å²) in [6, 6.07) is 8.51. The van der Waals surface area contributed by atoms with Crippen LogP contribution in [-0.2, 0) is 0 Å². The summed E-state index contributed by atoms with van der Waals surface area (Å²) < 4.78 is 5.67. The van der Waals surface area contributed by atoms with Crippen LogP contribution in [-0.4, -0.2) is 31.7 Å². The highest BCUT2D eigenvalue weighted by atomic mass is 127. The summed E-state index contributed by atoms with van der Waals surface area (Å²) in [6.45, 7) is 10.7. The largest absolute Gasteiger partial charge is 0.494 e. The quantitative estimate of drug-likeness (QED) is 0.317. The molecule has 0 unspecified atom stereocenters. The van der Waals surface area contributed by atoms with E-state index in [0.29, 0.717) is 12.6 Å². The summed E-state index contributed by atoms with van der Waals surface area (Å²) in [5, 5.41) is 6.52. The minimum absolute atomic E-state index is 0. The maximum Gasteiger partial charge on any atom is 0.191 e. The number of guanidine groups is 1. The predicted octanol–water partition coefficient (Wildman–Crippen LogP) is 3.35. The van der Waals surface area contributed by atoms with E-state index in [4.69, 9.17) is 4.74 Å². The molecule has 0 bridgehead atoms. The van der Waals surface area contributed by atoms with Crippen LogP contribution in [0.3, 0.4) is 0 Å². The van der Waals surface area contributed by atoms with Gasteiger partial charge in [0.2, 0.25) is 0 Å². The van der Waals surface area contributed by atoms with Crippen molar-refractivity contribution in [3.63, 3.8) is 0 Å². The minimum atomic E-state index is 0. The fraction of sp³-hybridized carbons (Fsp3) is 0.562. The zero-order valence-corrected chi connectivity index (χ0v) is 15.8. The van der Waals surface area contributed by atoms with Gasteiger partial charge >= 0.3 is 0 Å². The Morgan fingerprint density at radius 2 is 1.90 bits per heavy atom. The van der Waals surface area contributed by atoms with Crippen LogP contribution in [0.25, 0.3) is 0 Å². The molecule has 5 heteroatoms. The van der Waals surface area contributed by atoms with Crippen molar-refractivity contribution in [1.82, 2.24) is 10.6 Å². The van der Waals surface area contributed by atoms with Crippen LogP contribution in [0.1, 0.15) is 32.8 Å². The summed E-state index contributed by atoms with van der Waals surface area (Å²) in [6.07, 6.45) is 0.905. The molecule has 0 spiro atoms. The average molecular weight is 405 g/mol. The van der Waals surface area contributed by atoms with Crippen LogP contribution < -0.4 is 15.4 Å².